The van der Waals surface area contributed by atoms with E-state index in [0.29, 0.717) is 6.54 Å². The van der Waals surface area contributed by atoms with Crippen molar-refractivity contribution in [1.29, 1.82) is 0 Å². The highest BCUT2D eigenvalue weighted by Gasteiger charge is 2.17. The summed E-state index contributed by atoms with van der Waals surface area (Å²) < 4.78 is 2.13. The van der Waals surface area contributed by atoms with Gasteiger partial charge in [0.2, 0.25) is 0 Å². The number of hydrogen-bond acceptors (Lipinski definition) is 4. The summed E-state index contributed by atoms with van der Waals surface area (Å²) in [7, 11) is 0. The van der Waals surface area contributed by atoms with Crippen LogP contribution in [0.2, 0.25) is 0 Å². The zero-order valence-corrected chi connectivity index (χ0v) is 16.7. The van der Waals surface area contributed by atoms with E-state index in [4.69, 9.17) is 0 Å². The van der Waals surface area contributed by atoms with E-state index in [9.17, 15) is 0 Å². The third kappa shape index (κ3) is 3.42. The molecule has 0 spiro atoms. The van der Waals surface area contributed by atoms with Gasteiger partial charge in [0.25, 0.3) is 0 Å². The molecule has 0 saturated carbocycles. The minimum atomic E-state index is 0.594. The first-order valence-electron chi connectivity index (χ1n) is 9.92. The molecule has 3 aromatic heterocycles. The maximum absolute atomic E-state index is 4.64. The van der Waals surface area contributed by atoms with Gasteiger partial charge >= 0.3 is 0 Å². The Morgan fingerprint density at radius 2 is 1.63 bits per heavy atom. The van der Waals surface area contributed by atoms with Crippen LogP contribution in [0.5, 0.6) is 0 Å². The van der Waals surface area contributed by atoms with Gasteiger partial charge in [0.1, 0.15) is 12.1 Å². The van der Waals surface area contributed by atoms with Crippen molar-refractivity contribution in [2.45, 2.75) is 13.5 Å². The van der Waals surface area contributed by atoms with Gasteiger partial charge < -0.3 is 9.88 Å². The van der Waals surface area contributed by atoms with Crippen LogP contribution >= 0.6 is 0 Å². The number of fused-ring (bicyclic) bond motifs is 1. The van der Waals surface area contributed by atoms with Crippen molar-refractivity contribution in [2.75, 3.05) is 5.32 Å². The van der Waals surface area contributed by atoms with Crippen LogP contribution in [0.4, 0.5) is 5.82 Å². The Kier molecular flexibility index (Phi) is 4.69. The molecule has 0 unspecified atom stereocenters. The van der Waals surface area contributed by atoms with Gasteiger partial charge in [-0.05, 0) is 36.8 Å². The second-order valence-corrected chi connectivity index (χ2v) is 7.21. The second kappa shape index (κ2) is 7.79. The quantitative estimate of drug-likeness (QED) is 0.436. The van der Waals surface area contributed by atoms with Crippen LogP contribution < -0.4 is 5.32 Å². The molecule has 30 heavy (non-hydrogen) atoms. The molecule has 0 aliphatic carbocycles. The lowest BCUT2D eigenvalue weighted by Crippen LogP contribution is -2.04. The van der Waals surface area contributed by atoms with Gasteiger partial charge in [-0.2, -0.15) is 0 Å². The van der Waals surface area contributed by atoms with Crippen molar-refractivity contribution < 1.29 is 0 Å². The van der Waals surface area contributed by atoms with Crippen molar-refractivity contribution >= 4 is 16.9 Å². The summed E-state index contributed by atoms with van der Waals surface area (Å²) in [6.45, 7) is 2.69. The van der Waals surface area contributed by atoms with Crippen LogP contribution in [0.25, 0.3) is 27.8 Å². The molecule has 2 aromatic carbocycles. The highest BCUT2D eigenvalue weighted by atomic mass is 15.1. The van der Waals surface area contributed by atoms with Gasteiger partial charge in [-0.15, -0.1) is 0 Å². The number of aryl methyl sites for hydroxylation is 1. The Morgan fingerprint density at radius 1 is 0.833 bits per heavy atom. The smallest absolute Gasteiger partial charge is 0.150 e. The SMILES string of the molecule is Cc1ccc(-n2cc(-c3ccccc3)c3c(NCc4ccccn4)ncnc32)cc1. The van der Waals surface area contributed by atoms with E-state index in [0.717, 1.165) is 39.4 Å². The third-order valence-electron chi connectivity index (χ3n) is 5.14. The minimum absolute atomic E-state index is 0.594. The molecule has 5 nitrogen and oxygen atoms in total. The van der Waals surface area contributed by atoms with Gasteiger partial charge in [-0.25, -0.2) is 9.97 Å². The van der Waals surface area contributed by atoms with Crippen molar-refractivity contribution in [3.05, 3.63) is 103 Å². The molecule has 0 aliphatic rings. The van der Waals surface area contributed by atoms with Crippen molar-refractivity contribution in [2.24, 2.45) is 0 Å². The summed E-state index contributed by atoms with van der Waals surface area (Å²) in [5.41, 5.74) is 6.35. The Labute approximate surface area is 175 Å². The fourth-order valence-electron chi connectivity index (χ4n) is 3.61. The number of nitrogens with zero attached hydrogens (tertiary/aromatic N) is 4. The highest BCUT2D eigenvalue weighted by molar-refractivity contribution is 6.02. The summed E-state index contributed by atoms with van der Waals surface area (Å²) in [6, 6.07) is 24.7. The summed E-state index contributed by atoms with van der Waals surface area (Å²) in [4.78, 5) is 13.6. The van der Waals surface area contributed by atoms with Crippen LogP contribution in [0.3, 0.4) is 0 Å². The molecule has 146 valence electrons. The monoisotopic (exact) mass is 391 g/mol. The predicted octanol–water partition coefficient (Wildman–Crippen LogP) is 5.40. The lowest BCUT2D eigenvalue weighted by molar-refractivity contribution is 1.02. The highest BCUT2D eigenvalue weighted by Crippen LogP contribution is 2.35. The molecule has 1 N–H and O–H groups in total. The van der Waals surface area contributed by atoms with E-state index >= 15 is 0 Å². The first-order valence-corrected chi connectivity index (χ1v) is 9.92. The van der Waals surface area contributed by atoms with E-state index < -0.39 is 0 Å². The number of hydrogen-bond donors (Lipinski definition) is 1. The average Bonchev–Trinajstić information content (AvgIpc) is 3.20. The minimum Gasteiger partial charge on any atom is -0.364 e. The van der Waals surface area contributed by atoms with Gasteiger partial charge in [-0.1, -0.05) is 54.1 Å². The average molecular weight is 391 g/mol. The summed E-state index contributed by atoms with van der Waals surface area (Å²) in [6.07, 6.45) is 5.56. The van der Waals surface area contributed by atoms with Gasteiger partial charge in [0.15, 0.2) is 5.65 Å². The Morgan fingerprint density at radius 3 is 2.40 bits per heavy atom. The number of aromatic nitrogens is 4. The molecule has 0 saturated heterocycles. The van der Waals surface area contributed by atoms with Crippen LogP contribution in [0, 0.1) is 6.92 Å². The zero-order valence-electron chi connectivity index (χ0n) is 16.7. The molecule has 0 radical (unpaired) electrons. The largest absolute Gasteiger partial charge is 0.364 e. The number of pyridine rings is 1. The van der Waals surface area contributed by atoms with Crippen molar-refractivity contribution in [3.63, 3.8) is 0 Å². The topological polar surface area (TPSA) is 55.6 Å². The second-order valence-electron chi connectivity index (χ2n) is 7.21. The standard InChI is InChI=1S/C25H21N5/c1-18-10-12-21(13-11-18)30-16-22(19-7-3-2-4-8-19)23-24(28-17-29-25(23)30)27-15-20-9-5-6-14-26-20/h2-14,16-17H,15H2,1H3,(H,27,28,29). The predicted molar refractivity (Wildman–Crippen MR) is 121 cm³/mol. The van der Waals surface area contributed by atoms with Gasteiger partial charge in [-0.3, -0.25) is 4.98 Å². The molecule has 0 atom stereocenters. The molecule has 5 heteroatoms. The zero-order chi connectivity index (χ0) is 20.3. The Bertz CT molecular complexity index is 1280. The molecule has 0 amide bonds. The molecule has 5 aromatic rings. The molecule has 0 fully saturated rings. The van der Waals surface area contributed by atoms with Crippen molar-refractivity contribution in [1.82, 2.24) is 19.5 Å². The van der Waals surface area contributed by atoms with E-state index in [2.05, 4.69) is 86.5 Å². The normalized spacial score (nSPS) is 11.0. The fourth-order valence-corrected chi connectivity index (χ4v) is 3.61. The maximum Gasteiger partial charge on any atom is 0.150 e. The lowest BCUT2D eigenvalue weighted by Gasteiger charge is -2.09. The summed E-state index contributed by atoms with van der Waals surface area (Å²) in [5, 5.41) is 4.46. The van der Waals surface area contributed by atoms with Crippen LogP contribution in [0.1, 0.15) is 11.3 Å². The molecular weight excluding hydrogens is 370 g/mol. The summed E-state index contributed by atoms with van der Waals surface area (Å²) in [5.74, 6) is 0.801. The fraction of sp³-hybridized carbons (Fsp3) is 0.0800. The summed E-state index contributed by atoms with van der Waals surface area (Å²) >= 11 is 0. The van der Waals surface area contributed by atoms with E-state index in [-0.39, 0.29) is 0 Å². The van der Waals surface area contributed by atoms with E-state index in [1.807, 2.05) is 24.3 Å². The number of nitrogens with one attached hydrogen (secondary N) is 1. The van der Waals surface area contributed by atoms with Crippen molar-refractivity contribution in [3.8, 4) is 16.8 Å². The van der Waals surface area contributed by atoms with Crippen LogP contribution in [-0.4, -0.2) is 19.5 Å². The Hall–Kier alpha value is -3.99. The number of benzene rings is 2. The molecule has 0 bridgehead atoms. The first kappa shape index (κ1) is 18.1. The van der Waals surface area contributed by atoms with E-state index in [1.54, 1.807) is 12.5 Å². The Balaban J connectivity index is 1.67. The molecule has 0 aliphatic heterocycles. The molecule has 5 rings (SSSR count). The number of anilines is 1. The molecule has 3 heterocycles. The molecular formula is C25H21N5. The van der Waals surface area contributed by atoms with Gasteiger partial charge in [0, 0.05) is 23.6 Å². The lowest BCUT2D eigenvalue weighted by atomic mass is 10.1. The van der Waals surface area contributed by atoms with Gasteiger partial charge in [0.05, 0.1) is 17.6 Å². The van der Waals surface area contributed by atoms with Crippen LogP contribution in [-0.2, 0) is 6.54 Å². The first-order chi connectivity index (χ1) is 14.8. The number of rotatable bonds is 5. The van der Waals surface area contributed by atoms with E-state index in [1.165, 1.54) is 5.56 Å². The van der Waals surface area contributed by atoms with Crippen LogP contribution in [0.15, 0.2) is 91.5 Å². The maximum atomic E-state index is 4.64. The third-order valence-corrected chi connectivity index (χ3v) is 5.14.